The van der Waals surface area contributed by atoms with E-state index in [1.807, 2.05) is 17.5 Å². The van der Waals surface area contributed by atoms with Crippen LogP contribution in [0.3, 0.4) is 0 Å². The number of halogens is 4. The predicted octanol–water partition coefficient (Wildman–Crippen LogP) is 5.74. The molecule has 0 saturated heterocycles. The second kappa shape index (κ2) is 5.46. The summed E-state index contributed by atoms with van der Waals surface area (Å²) in [5.41, 5.74) is 1.09. The van der Waals surface area contributed by atoms with Crippen molar-refractivity contribution in [3.8, 4) is 0 Å². The molecule has 16 heavy (non-hydrogen) atoms. The number of hydrogen-bond donors (Lipinski definition) is 0. The van der Waals surface area contributed by atoms with Gasteiger partial charge in [0.1, 0.15) is 5.82 Å². The SMILES string of the molecule is Fc1ccc(C(Br)c2sccc2Br)c(I)c1. The van der Waals surface area contributed by atoms with Crippen LogP contribution < -0.4 is 0 Å². The maximum atomic E-state index is 13.0. The Hall–Kier alpha value is 0.540. The van der Waals surface area contributed by atoms with Crippen LogP contribution in [-0.4, -0.2) is 0 Å². The summed E-state index contributed by atoms with van der Waals surface area (Å²) in [6.07, 6.45) is 0. The van der Waals surface area contributed by atoms with Crippen LogP contribution in [0.5, 0.6) is 0 Å². The molecule has 0 aliphatic heterocycles. The second-order valence-corrected chi connectivity index (χ2v) is 7.04. The van der Waals surface area contributed by atoms with E-state index in [4.69, 9.17) is 0 Å². The molecule has 1 aromatic heterocycles. The summed E-state index contributed by atoms with van der Waals surface area (Å²) in [4.78, 5) is 1.30. The third kappa shape index (κ3) is 2.68. The second-order valence-electron chi connectivity index (χ2n) is 3.16. The first-order valence-electron chi connectivity index (χ1n) is 4.41. The van der Waals surface area contributed by atoms with E-state index in [0.717, 1.165) is 13.6 Å². The number of hydrogen-bond acceptors (Lipinski definition) is 1. The molecule has 84 valence electrons. The minimum absolute atomic E-state index is 0.106. The zero-order valence-corrected chi connectivity index (χ0v) is 14.0. The van der Waals surface area contributed by atoms with Gasteiger partial charge in [0.2, 0.25) is 0 Å². The molecule has 2 rings (SSSR count). The average Bonchev–Trinajstić information content (AvgIpc) is 2.63. The van der Waals surface area contributed by atoms with Crippen molar-refractivity contribution in [2.45, 2.75) is 4.83 Å². The summed E-state index contributed by atoms with van der Waals surface area (Å²) in [5, 5.41) is 2.03. The van der Waals surface area contributed by atoms with E-state index in [1.165, 1.54) is 10.9 Å². The molecule has 1 atom stereocenters. The highest BCUT2D eigenvalue weighted by atomic mass is 127. The van der Waals surface area contributed by atoms with E-state index in [2.05, 4.69) is 54.5 Å². The molecule has 1 heterocycles. The van der Waals surface area contributed by atoms with E-state index in [9.17, 15) is 4.39 Å². The Kier molecular flexibility index (Phi) is 4.43. The van der Waals surface area contributed by atoms with Crippen LogP contribution in [0.1, 0.15) is 15.3 Å². The molecule has 0 fully saturated rings. The minimum Gasteiger partial charge on any atom is -0.207 e. The van der Waals surface area contributed by atoms with Crippen molar-refractivity contribution >= 4 is 65.8 Å². The van der Waals surface area contributed by atoms with Gasteiger partial charge in [-0.2, -0.15) is 0 Å². The summed E-state index contributed by atoms with van der Waals surface area (Å²) in [5.74, 6) is -0.196. The van der Waals surface area contributed by atoms with Crippen LogP contribution in [0, 0.1) is 9.39 Å². The van der Waals surface area contributed by atoms with Gasteiger partial charge in [0.15, 0.2) is 0 Å². The third-order valence-electron chi connectivity index (χ3n) is 2.11. The van der Waals surface area contributed by atoms with Crippen LogP contribution in [-0.2, 0) is 0 Å². The van der Waals surface area contributed by atoms with Gasteiger partial charge in [0, 0.05) is 12.9 Å². The number of thiophene rings is 1. The third-order valence-corrected chi connectivity index (χ3v) is 6.23. The molecular formula is C11H6Br2FIS. The molecular weight excluding hydrogens is 470 g/mol. The highest BCUT2D eigenvalue weighted by Gasteiger charge is 2.17. The van der Waals surface area contributed by atoms with Crippen LogP contribution in [0.2, 0.25) is 0 Å². The Bertz CT molecular complexity index is 512. The van der Waals surface area contributed by atoms with Gasteiger partial charge in [-0.3, -0.25) is 0 Å². The molecule has 0 spiro atoms. The summed E-state index contributed by atoms with van der Waals surface area (Å²) < 4.78 is 15.0. The lowest BCUT2D eigenvalue weighted by molar-refractivity contribution is 0.626. The Labute approximate surface area is 128 Å². The molecule has 0 aliphatic rings. The molecule has 2 aromatic rings. The minimum atomic E-state index is -0.196. The lowest BCUT2D eigenvalue weighted by atomic mass is 10.1. The molecule has 0 nitrogen and oxygen atoms in total. The molecule has 1 unspecified atom stereocenters. The smallest absolute Gasteiger partial charge is 0.124 e. The van der Waals surface area contributed by atoms with Crippen molar-refractivity contribution in [3.05, 3.63) is 53.9 Å². The standard InChI is InChI=1S/C11H6Br2FIS/c12-8-3-4-16-11(8)10(13)7-2-1-6(14)5-9(7)15/h1-5,10H. The highest BCUT2D eigenvalue weighted by molar-refractivity contribution is 14.1. The Morgan fingerprint density at radius 1 is 1.31 bits per heavy atom. The van der Waals surface area contributed by atoms with Crippen molar-refractivity contribution in [1.29, 1.82) is 0 Å². The Morgan fingerprint density at radius 3 is 2.62 bits per heavy atom. The van der Waals surface area contributed by atoms with Gasteiger partial charge in [0.05, 0.1) is 4.83 Å². The van der Waals surface area contributed by atoms with Gasteiger partial charge in [-0.1, -0.05) is 22.0 Å². The van der Waals surface area contributed by atoms with E-state index in [-0.39, 0.29) is 10.6 Å². The van der Waals surface area contributed by atoms with Crippen molar-refractivity contribution in [1.82, 2.24) is 0 Å². The van der Waals surface area contributed by atoms with E-state index >= 15 is 0 Å². The quantitative estimate of drug-likeness (QED) is 0.384. The first kappa shape index (κ1) is 13.0. The number of benzene rings is 1. The van der Waals surface area contributed by atoms with Crippen LogP contribution in [0.15, 0.2) is 34.1 Å². The molecule has 0 bridgehead atoms. The fourth-order valence-corrected chi connectivity index (χ4v) is 5.42. The van der Waals surface area contributed by atoms with Crippen molar-refractivity contribution in [2.75, 3.05) is 0 Å². The largest absolute Gasteiger partial charge is 0.207 e. The Morgan fingerprint density at radius 2 is 2.06 bits per heavy atom. The molecule has 0 N–H and O–H groups in total. The number of rotatable bonds is 2. The van der Waals surface area contributed by atoms with Crippen molar-refractivity contribution in [3.63, 3.8) is 0 Å². The van der Waals surface area contributed by atoms with Gasteiger partial charge in [0.25, 0.3) is 0 Å². The topological polar surface area (TPSA) is 0 Å². The van der Waals surface area contributed by atoms with Gasteiger partial charge in [-0.15, -0.1) is 11.3 Å². The first-order chi connectivity index (χ1) is 7.59. The summed E-state index contributed by atoms with van der Waals surface area (Å²) in [7, 11) is 0. The normalized spacial score (nSPS) is 12.8. The summed E-state index contributed by atoms with van der Waals surface area (Å²) in [6, 6.07) is 6.88. The molecule has 0 aliphatic carbocycles. The molecule has 5 heteroatoms. The van der Waals surface area contributed by atoms with Gasteiger partial charge in [-0.25, -0.2) is 4.39 Å². The zero-order chi connectivity index (χ0) is 11.7. The monoisotopic (exact) mass is 474 g/mol. The molecule has 0 saturated carbocycles. The van der Waals surface area contributed by atoms with E-state index in [1.54, 1.807) is 17.4 Å². The summed E-state index contributed by atoms with van der Waals surface area (Å²) >= 11 is 11.0. The maximum Gasteiger partial charge on any atom is 0.124 e. The average molecular weight is 476 g/mol. The first-order valence-corrected chi connectivity index (χ1v) is 8.08. The van der Waals surface area contributed by atoms with Gasteiger partial charge < -0.3 is 0 Å². The predicted molar refractivity (Wildman–Crippen MR) is 81.9 cm³/mol. The zero-order valence-electron chi connectivity index (χ0n) is 7.88. The summed E-state index contributed by atoms with van der Waals surface area (Å²) in [6.45, 7) is 0. The maximum absolute atomic E-state index is 13.0. The fraction of sp³-hybridized carbons (Fsp3) is 0.0909. The molecule has 1 aromatic carbocycles. The van der Waals surface area contributed by atoms with Gasteiger partial charge >= 0.3 is 0 Å². The van der Waals surface area contributed by atoms with Crippen molar-refractivity contribution < 1.29 is 4.39 Å². The molecule has 0 radical (unpaired) electrons. The van der Waals surface area contributed by atoms with E-state index < -0.39 is 0 Å². The van der Waals surface area contributed by atoms with Crippen LogP contribution in [0.25, 0.3) is 0 Å². The Balaban J connectivity index is 2.41. The highest BCUT2D eigenvalue weighted by Crippen LogP contribution is 2.40. The number of alkyl halides is 1. The van der Waals surface area contributed by atoms with Crippen LogP contribution >= 0.6 is 65.8 Å². The lowest BCUT2D eigenvalue weighted by Crippen LogP contribution is -1.94. The van der Waals surface area contributed by atoms with Crippen molar-refractivity contribution in [2.24, 2.45) is 0 Å². The fourth-order valence-electron chi connectivity index (χ4n) is 1.33. The lowest BCUT2D eigenvalue weighted by Gasteiger charge is -2.11. The molecule has 0 amide bonds. The van der Waals surface area contributed by atoms with Gasteiger partial charge in [-0.05, 0) is 67.7 Å². The van der Waals surface area contributed by atoms with Crippen LogP contribution in [0.4, 0.5) is 4.39 Å². The van der Waals surface area contributed by atoms with E-state index in [0.29, 0.717) is 0 Å².